The molecule has 49 heavy (non-hydrogen) atoms. The maximum Gasteiger partial charge on any atom is 0.240 e. The Kier molecular flexibility index (Phi) is 14.2. The second-order valence-corrected chi connectivity index (χ2v) is 16.9. The standard InChI is InChI=1S/C40H63ClN4O4/c1-26(2)17-33(24-43(8)9)44(23-32-15-10-11-16-34(32)41)21-30-13-12-14-31(19-30)22-45-38(37(29(5)47)36(25-46)49-45)39(48)42-35-18-28(4)40(6,7)20-27(35)3/h10-16,19,26-29,33,35-38,46-47H,17-18,20-25H2,1-9H3,(H,42,48)/t27-,28+,29-,33-,35-,36-,37+,38-/m0/s1. The Morgan fingerprint density at radius 1 is 1.08 bits per heavy atom. The molecule has 2 aliphatic rings. The third-order valence-electron chi connectivity index (χ3n) is 11.1. The predicted octanol–water partition coefficient (Wildman–Crippen LogP) is 6.37. The number of nitrogens with one attached hydrogen (secondary N) is 1. The fourth-order valence-corrected chi connectivity index (χ4v) is 8.35. The number of carbonyl (C=O) groups is 1. The molecule has 0 radical (unpaired) electrons. The zero-order valence-electron chi connectivity index (χ0n) is 31.4. The summed E-state index contributed by atoms with van der Waals surface area (Å²) in [5.41, 5.74) is 3.50. The van der Waals surface area contributed by atoms with Gasteiger partial charge in [-0.3, -0.25) is 14.5 Å². The van der Waals surface area contributed by atoms with Crippen LogP contribution in [0.2, 0.25) is 5.02 Å². The minimum atomic E-state index is -0.834. The van der Waals surface area contributed by atoms with Crippen molar-refractivity contribution in [3.63, 3.8) is 0 Å². The number of carbonyl (C=O) groups excluding carboxylic acids is 1. The van der Waals surface area contributed by atoms with E-state index in [0.29, 0.717) is 30.3 Å². The van der Waals surface area contributed by atoms with E-state index in [2.05, 4.69) is 101 Å². The number of hydroxylamine groups is 2. The van der Waals surface area contributed by atoms with Gasteiger partial charge in [-0.05, 0) is 86.2 Å². The van der Waals surface area contributed by atoms with Crippen molar-refractivity contribution in [2.24, 2.45) is 29.1 Å². The fourth-order valence-electron chi connectivity index (χ4n) is 8.16. The molecule has 1 aliphatic carbocycles. The highest BCUT2D eigenvalue weighted by Gasteiger charge is 2.50. The molecule has 2 aromatic rings. The zero-order valence-corrected chi connectivity index (χ0v) is 32.2. The molecule has 1 saturated carbocycles. The summed E-state index contributed by atoms with van der Waals surface area (Å²) in [6, 6.07) is 16.2. The number of nitrogens with zero attached hydrogens (tertiary/aromatic N) is 3. The summed E-state index contributed by atoms with van der Waals surface area (Å²) < 4.78 is 0. The van der Waals surface area contributed by atoms with Crippen LogP contribution in [0.5, 0.6) is 0 Å². The van der Waals surface area contributed by atoms with E-state index in [1.807, 2.05) is 18.2 Å². The minimum Gasteiger partial charge on any atom is -0.394 e. The van der Waals surface area contributed by atoms with E-state index < -0.39 is 24.2 Å². The first kappa shape index (κ1) is 39.7. The van der Waals surface area contributed by atoms with E-state index in [1.54, 1.807) is 12.0 Å². The Labute approximate surface area is 301 Å². The van der Waals surface area contributed by atoms with Crippen LogP contribution in [0, 0.1) is 29.1 Å². The number of hydrogen-bond donors (Lipinski definition) is 3. The maximum absolute atomic E-state index is 14.1. The summed E-state index contributed by atoms with van der Waals surface area (Å²) in [5, 5.41) is 27.0. The van der Waals surface area contributed by atoms with Crippen LogP contribution in [0.25, 0.3) is 0 Å². The van der Waals surface area contributed by atoms with Crippen LogP contribution in [-0.2, 0) is 29.3 Å². The van der Waals surface area contributed by atoms with Crippen molar-refractivity contribution in [1.29, 1.82) is 0 Å². The molecule has 8 nitrogen and oxygen atoms in total. The Bertz CT molecular complexity index is 1340. The van der Waals surface area contributed by atoms with E-state index >= 15 is 0 Å². The van der Waals surface area contributed by atoms with E-state index in [0.717, 1.165) is 60.6 Å². The van der Waals surface area contributed by atoms with Gasteiger partial charge >= 0.3 is 0 Å². The molecule has 2 fully saturated rings. The van der Waals surface area contributed by atoms with Crippen molar-refractivity contribution >= 4 is 17.5 Å². The molecule has 0 bridgehead atoms. The normalized spacial score (nSPS) is 27.2. The average molecular weight is 699 g/mol. The molecule has 4 rings (SSSR count). The Hall–Kier alpha value is -2.04. The monoisotopic (exact) mass is 698 g/mol. The number of aliphatic hydroxyl groups is 2. The molecule has 1 saturated heterocycles. The van der Waals surface area contributed by atoms with Gasteiger partial charge in [0.25, 0.3) is 0 Å². The molecule has 0 aromatic heterocycles. The summed E-state index contributed by atoms with van der Waals surface area (Å²) in [5.74, 6) is 0.638. The number of aliphatic hydroxyl groups excluding tert-OH is 2. The van der Waals surface area contributed by atoms with Gasteiger partial charge in [0.1, 0.15) is 12.1 Å². The van der Waals surface area contributed by atoms with Crippen LogP contribution in [0.3, 0.4) is 0 Å². The fraction of sp³-hybridized carbons (Fsp3) is 0.675. The van der Waals surface area contributed by atoms with E-state index in [1.165, 1.54) is 0 Å². The lowest BCUT2D eigenvalue weighted by atomic mass is 9.64. The average Bonchev–Trinajstić information content (AvgIpc) is 3.38. The molecule has 1 aliphatic heterocycles. The van der Waals surface area contributed by atoms with Gasteiger partial charge in [0.15, 0.2) is 0 Å². The van der Waals surface area contributed by atoms with Crippen LogP contribution in [0.1, 0.15) is 84.4 Å². The van der Waals surface area contributed by atoms with Crippen molar-refractivity contribution < 1.29 is 19.8 Å². The topological polar surface area (TPSA) is 88.5 Å². The van der Waals surface area contributed by atoms with E-state index in [-0.39, 0.29) is 24.0 Å². The van der Waals surface area contributed by atoms with E-state index in [4.69, 9.17) is 16.4 Å². The highest BCUT2D eigenvalue weighted by Crippen LogP contribution is 2.43. The Balaban J connectivity index is 1.58. The van der Waals surface area contributed by atoms with Crippen LogP contribution >= 0.6 is 11.6 Å². The third kappa shape index (κ3) is 10.5. The van der Waals surface area contributed by atoms with Gasteiger partial charge in [0, 0.05) is 42.7 Å². The van der Waals surface area contributed by atoms with Crippen LogP contribution in [0.4, 0.5) is 0 Å². The molecule has 8 atom stereocenters. The van der Waals surface area contributed by atoms with Gasteiger partial charge in [-0.15, -0.1) is 0 Å². The van der Waals surface area contributed by atoms with Crippen LogP contribution < -0.4 is 5.32 Å². The molecule has 1 amide bonds. The zero-order chi connectivity index (χ0) is 36.0. The van der Waals surface area contributed by atoms with Gasteiger partial charge in [-0.1, -0.05) is 95.6 Å². The molecule has 0 unspecified atom stereocenters. The largest absolute Gasteiger partial charge is 0.394 e. The molecule has 1 heterocycles. The summed E-state index contributed by atoms with van der Waals surface area (Å²) in [6.45, 7) is 17.8. The van der Waals surface area contributed by atoms with Crippen molar-refractivity contribution in [3.05, 3.63) is 70.2 Å². The van der Waals surface area contributed by atoms with Crippen LogP contribution in [-0.4, -0.2) is 88.6 Å². The lowest BCUT2D eigenvalue weighted by molar-refractivity contribution is -0.182. The first-order valence-electron chi connectivity index (χ1n) is 18.3. The lowest BCUT2D eigenvalue weighted by Crippen LogP contribution is -2.55. The maximum atomic E-state index is 14.1. The van der Waals surface area contributed by atoms with Crippen LogP contribution in [0.15, 0.2) is 48.5 Å². The first-order chi connectivity index (χ1) is 23.1. The lowest BCUT2D eigenvalue weighted by Gasteiger charge is -2.45. The smallest absolute Gasteiger partial charge is 0.240 e. The highest BCUT2D eigenvalue weighted by atomic mass is 35.5. The van der Waals surface area contributed by atoms with Crippen molar-refractivity contribution in [3.8, 4) is 0 Å². The number of benzene rings is 2. The molecule has 9 heteroatoms. The molecular weight excluding hydrogens is 636 g/mol. The first-order valence-corrected chi connectivity index (χ1v) is 18.7. The van der Waals surface area contributed by atoms with Gasteiger partial charge < -0.3 is 20.4 Å². The molecule has 0 spiro atoms. The minimum absolute atomic E-state index is 0.0496. The van der Waals surface area contributed by atoms with Gasteiger partial charge in [0.2, 0.25) is 5.91 Å². The summed E-state index contributed by atoms with van der Waals surface area (Å²) in [7, 11) is 4.25. The van der Waals surface area contributed by atoms with Gasteiger partial charge in [-0.2, -0.15) is 5.06 Å². The van der Waals surface area contributed by atoms with Gasteiger partial charge in [0.05, 0.1) is 19.3 Å². The highest BCUT2D eigenvalue weighted by molar-refractivity contribution is 6.31. The second-order valence-electron chi connectivity index (χ2n) is 16.4. The van der Waals surface area contributed by atoms with E-state index in [9.17, 15) is 15.0 Å². The summed E-state index contributed by atoms with van der Waals surface area (Å²) >= 11 is 6.67. The molecule has 2 aromatic carbocycles. The molecule has 3 N–H and O–H groups in total. The third-order valence-corrected chi connectivity index (χ3v) is 11.4. The Morgan fingerprint density at radius 2 is 1.78 bits per heavy atom. The number of hydrogen-bond acceptors (Lipinski definition) is 7. The summed E-state index contributed by atoms with van der Waals surface area (Å²) in [6.07, 6.45) is 1.50. The number of likely N-dealkylation sites (N-methyl/N-ethyl adjacent to an activating group) is 1. The summed E-state index contributed by atoms with van der Waals surface area (Å²) in [4.78, 5) is 25.2. The van der Waals surface area contributed by atoms with Crippen molar-refractivity contribution in [2.75, 3.05) is 27.2 Å². The number of amides is 1. The number of halogens is 1. The predicted molar refractivity (Wildman–Crippen MR) is 199 cm³/mol. The Morgan fingerprint density at radius 3 is 2.41 bits per heavy atom. The van der Waals surface area contributed by atoms with Crippen molar-refractivity contribution in [2.45, 2.75) is 118 Å². The quantitative estimate of drug-likeness (QED) is 0.199. The molecule has 274 valence electrons. The SMILES string of the molecule is CC(C)C[C@@H](CN(C)C)N(Cc1cccc(CN2O[C@@H](CO)[C@@H]([C@H](C)O)[C@H]2C(=O)N[C@H]2C[C@@H](C)C(C)(C)C[C@@H]2C)c1)Cc1ccccc1Cl. The number of rotatable bonds is 15. The van der Waals surface area contributed by atoms with Crippen molar-refractivity contribution in [1.82, 2.24) is 20.2 Å². The van der Waals surface area contributed by atoms with Gasteiger partial charge in [-0.25, -0.2) is 0 Å². The molecular formula is C40H63ClN4O4. The second kappa shape index (κ2) is 17.5.